The summed E-state index contributed by atoms with van der Waals surface area (Å²) in [6.45, 7) is 4.90. The highest BCUT2D eigenvalue weighted by Gasteiger charge is 2.21. The van der Waals surface area contributed by atoms with Crippen LogP contribution in [0.1, 0.15) is 63.6 Å². The molecule has 0 spiro atoms. The lowest BCUT2D eigenvalue weighted by atomic mass is 9.89. The number of nitrogens with one attached hydrogen (secondary N) is 2. The Morgan fingerprint density at radius 1 is 1.23 bits per heavy atom. The van der Waals surface area contributed by atoms with Gasteiger partial charge < -0.3 is 15.0 Å². The first-order chi connectivity index (χ1) is 14.8. The number of carbonyl (C=O) groups is 2. The number of thiophene rings is 1. The minimum Gasteiger partial charge on any atom is -0.451 e. The van der Waals surface area contributed by atoms with E-state index in [1.54, 1.807) is 13.8 Å². The summed E-state index contributed by atoms with van der Waals surface area (Å²) in [7, 11) is 0. The molecular formula is C23H25N3O4S. The monoisotopic (exact) mass is 439 g/mol. The van der Waals surface area contributed by atoms with E-state index in [-0.39, 0.29) is 29.0 Å². The van der Waals surface area contributed by atoms with Gasteiger partial charge in [0.1, 0.15) is 15.5 Å². The number of benzene rings is 1. The Bertz CT molecular complexity index is 1230. The number of hydrogen-bond donors (Lipinski definition) is 2. The van der Waals surface area contributed by atoms with Crippen LogP contribution in [0.2, 0.25) is 0 Å². The Morgan fingerprint density at radius 2 is 1.97 bits per heavy atom. The van der Waals surface area contributed by atoms with Crippen molar-refractivity contribution in [2.75, 3.05) is 6.61 Å². The average Bonchev–Trinajstić information content (AvgIpc) is 3.08. The molecule has 162 valence electrons. The van der Waals surface area contributed by atoms with Crippen LogP contribution >= 0.6 is 11.3 Å². The molecule has 1 atom stereocenters. The maximum atomic E-state index is 12.5. The summed E-state index contributed by atoms with van der Waals surface area (Å²) >= 11 is 1.10. The number of aromatic nitrogens is 2. The Balaban J connectivity index is 1.39. The predicted octanol–water partition coefficient (Wildman–Crippen LogP) is 3.51. The highest BCUT2D eigenvalue weighted by Crippen LogP contribution is 2.28. The molecule has 7 nitrogen and oxygen atoms in total. The summed E-state index contributed by atoms with van der Waals surface area (Å²) < 4.78 is 5.22. The van der Waals surface area contributed by atoms with Crippen LogP contribution in [0.3, 0.4) is 0 Å². The molecule has 4 rings (SSSR count). The Morgan fingerprint density at radius 3 is 2.74 bits per heavy atom. The van der Waals surface area contributed by atoms with Gasteiger partial charge in [-0.25, -0.2) is 9.78 Å². The molecule has 0 radical (unpaired) electrons. The van der Waals surface area contributed by atoms with E-state index >= 15 is 0 Å². The maximum absolute atomic E-state index is 12.5. The van der Waals surface area contributed by atoms with Gasteiger partial charge in [-0.3, -0.25) is 9.59 Å². The van der Waals surface area contributed by atoms with Crippen molar-refractivity contribution in [1.82, 2.24) is 15.3 Å². The molecule has 8 heteroatoms. The predicted molar refractivity (Wildman–Crippen MR) is 120 cm³/mol. The van der Waals surface area contributed by atoms with Crippen molar-refractivity contribution >= 4 is 33.4 Å². The van der Waals surface area contributed by atoms with Crippen LogP contribution < -0.4 is 10.9 Å². The Labute approximate surface area is 183 Å². The highest BCUT2D eigenvalue weighted by molar-refractivity contribution is 7.20. The standard InChI is InChI=1S/C23H25N3O4S/c1-12-19-21(28)25-14(3)26-22(19)31-20(12)23(29)30-11-18(27)24-13(2)16-9-8-15-6-4-5-7-17(15)10-16/h8-10,13H,4-7,11H2,1-3H3,(H,24,27)(H,25,26,28). The molecule has 31 heavy (non-hydrogen) atoms. The molecule has 1 unspecified atom stereocenters. The molecule has 0 bridgehead atoms. The van der Waals surface area contributed by atoms with E-state index in [1.807, 2.05) is 13.0 Å². The number of aryl methyl sites for hydroxylation is 4. The first kappa shape index (κ1) is 21.2. The molecule has 1 amide bonds. The van der Waals surface area contributed by atoms with E-state index in [0.717, 1.165) is 29.7 Å². The van der Waals surface area contributed by atoms with Gasteiger partial charge in [0.2, 0.25) is 0 Å². The first-order valence-corrected chi connectivity index (χ1v) is 11.2. The fraction of sp³-hybridized carbons (Fsp3) is 0.391. The second-order valence-corrected chi connectivity index (χ2v) is 8.99. The van der Waals surface area contributed by atoms with Gasteiger partial charge >= 0.3 is 5.97 Å². The second kappa shape index (κ2) is 8.63. The Kier molecular flexibility index (Phi) is 5.91. The van der Waals surface area contributed by atoms with Crippen LogP contribution in [-0.4, -0.2) is 28.5 Å². The molecule has 1 aliphatic carbocycles. The number of hydrogen-bond acceptors (Lipinski definition) is 6. The van der Waals surface area contributed by atoms with Crippen molar-refractivity contribution in [1.29, 1.82) is 0 Å². The van der Waals surface area contributed by atoms with Crippen LogP contribution in [0.25, 0.3) is 10.2 Å². The molecule has 0 fully saturated rings. The third kappa shape index (κ3) is 4.39. The molecule has 2 aromatic heterocycles. The summed E-state index contributed by atoms with van der Waals surface area (Å²) in [5, 5.41) is 3.27. The Hall–Kier alpha value is -3.00. The van der Waals surface area contributed by atoms with Crippen molar-refractivity contribution in [2.24, 2.45) is 0 Å². The van der Waals surface area contributed by atoms with Crippen LogP contribution in [0.15, 0.2) is 23.0 Å². The van der Waals surface area contributed by atoms with Crippen LogP contribution in [-0.2, 0) is 22.4 Å². The van der Waals surface area contributed by atoms with E-state index in [9.17, 15) is 14.4 Å². The molecule has 3 aromatic rings. The number of carbonyl (C=O) groups excluding carboxylic acids is 2. The van der Waals surface area contributed by atoms with Crippen molar-refractivity contribution in [3.8, 4) is 0 Å². The average molecular weight is 440 g/mol. The summed E-state index contributed by atoms with van der Waals surface area (Å²) in [6.07, 6.45) is 4.62. The number of aromatic amines is 1. The van der Waals surface area contributed by atoms with Gasteiger partial charge in [0.25, 0.3) is 11.5 Å². The third-order valence-electron chi connectivity index (χ3n) is 5.69. The topological polar surface area (TPSA) is 101 Å². The molecule has 1 aliphatic rings. The van der Waals surface area contributed by atoms with Crippen molar-refractivity contribution < 1.29 is 14.3 Å². The van der Waals surface area contributed by atoms with Crippen LogP contribution in [0.4, 0.5) is 0 Å². The molecule has 2 heterocycles. The quantitative estimate of drug-likeness (QED) is 0.593. The summed E-state index contributed by atoms with van der Waals surface area (Å²) in [5.41, 5.74) is 4.02. The summed E-state index contributed by atoms with van der Waals surface area (Å²) in [6, 6.07) is 6.18. The number of esters is 1. The minimum atomic E-state index is -0.630. The van der Waals surface area contributed by atoms with Crippen molar-refractivity contribution in [3.63, 3.8) is 0 Å². The number of fused-ring (bicyclic) bond motifs is 2. The van der Waals surface area contributed by atoms with E-state index in [4.69, 9.17) is 4.74 Å². The van der Waals surface area contributed by atoms with Crippen LogP contribution in [0.5, 0.6) is 0 Å². The van der Waals surface area contributed by atoms with E-state index in [1.165, 1.54) is 24.0 Å². The third-order valence-corrected chi connectivity index (χ3v) is 6.85. The molecule has 0 saturated heterocycles. The number of nitrogens with zero attached hydrogens (tertiary/aromatic N) is 1. The number of ether oxygens (including phenoxy) is 1. The van der Waals surface area contributed by atoms with Gasteiger partial charge in [0, 0.05) is 0 Å². The van der Waals surface area contributed by atoms with Gasteiger partial charge in [-0.15, -0.1) is 11.3 Å². The highest BCUT2D eigenvalue weighted by atomic mass is 32.1. The summed E-state index contributed by atoms with van der Waals surface area (Å²) in [4.78, 5) is 44.7. The molecular weight excluding hydrogens is 414 g/mol. The van der Waals surface area contributed by atoms with Gasteiger partial charge in [-0.05, 0) is 68.7 Å². The zero-order chi connectivity index (χ0) is 22.1. The molecule has 0 aliphatic heterocycles. The lowest BCUT2D eigenvalue weighted by Crippen LogP contribution is -2.31. The zero-order valence-electron chi connectivity index (χ0n) is 17.8. The molecule has 2 N–H and O–H groups in total. The van der Waals surface area contributed by atoms with Gasteiger partial charge in [-0.2, -0.15) is 0 Å². The van der Waals surface area contributed by atoms with Gasteiger partial charge in [0.05, 0.1) is 11.4 Å². The van der Waals surface area contributed by atoms with Gasteiger partial charge in [0.15, 0.2) is 6.61 Å². The fourth-order valence-corrected chi connectivity index (χ4v) is 5.15. The second-order valence-electron chi connectivity index (χ2n) is 7.99. The minimum absolute atomic E-state index is 0.185. The smallest absolute Gasteiger partial charge is 0.349 e. The SMILES string of the molecule is Cc1nc2sc(C(=O)OCC(=O)NC(C)c3ccc4c(c3)CCCC4)c(C)c2c(=O)[nH]1. The largest absolute Gasteiger partial charge is 0.451 e. The van der Waals surface area contributed by atoms with Gasteiger partial charge in [-0.1, -0.05) is 18.2 Å². The lowest BCUT2D eigenvalue weighted by molar-refractivity contribution is -0.124. The van der Waals surface area contributed by atoms with E-state index < -0.39 is 5.97 Å². The van der Waals surface area contributed by atoms with E-state index in [0.29, 0.717) is 21.6 Å². The normalized spacial score (nSPS) is 14.2. The summed E-state index contributed by atoms with van der Waals surface area (Å²) in [5.74, 6) is -0.521. The van der Waals surface area contributed by atoms with E-state index in [2.05, 4.69) is 27.4 Å². The molecule has 0 saturated carbocycles. The maximum Gasteiger partial charge on any atom is 0.349 e. The lowest BCUT2D eigenvalue weighted by Gasteiger charge is -2.20. The van der Waals surface area contributed by atoms with Crippen molar-refractivity contribution in [2.45, 2.75) is 52.5 Å². The van der Waals surface area contributed by atoms with Crippen LogP contribution in [0, 0.1) is 13.8 Å². The number of H-pyrrole nitrogens is 1. The van der Waals surface area contributed by atoms with Crippen molar-refractivity contribution in [3.05, 3.63) is 61.5 Å². The first-order valence-electron chi connectivity index (χ1n) is 10.4. The number of rotatable bonds is 5. The fourth-order valence-electron chi connectivity index (χ4n) is 4.03. The zero-order valence-corrected chi connectivity index (χ0v) is 18.6. The number of amides is 1. The molecule has 1 aromatic carbocycles.